The third-order valence-electron chi connectivity index (χ3n) is 7.16. The maximum absolute atomic E-state index is 9.58. The van der Waals surface area contributed by atoms with Crippen LogP contribution in [0.25, 0.3) is 0 Å². The summed E-state index contributed by atoms with van der Waals surface area (Å²) in [6.45, 7) is 2.53. The average molecular weight is 343 g/mol. The summed E-state index contributed by atoms with van der Waals surface area (Å²) < 4.78 is 0. The fourth-order valence-corrected chi connectivity index (χ4v) is 5.53. The topological polar surface area (TPSA) is 20.2 Å². The predicted molar refractivity (Wildman–Crippen MR) is 107 cm³/mol. The highest BCUT2D eigenvalue weighted by atomic mass is 16.3. The van der Waals surface area contributed by atoms with Crippen LogP contribution in [0, 0.1) is 17.8 Å². The summed E-state index contributed by atoms with van der Waals surface area (Å²) in [5, 5.41) is 9.58. The molecule has 3 rings (SSSR count). The molecule has 2 aliphatic rings. The summed E-state index contributed by atoms with van der Waals surface area (Å²) in [6, 6.07) is 8.52. The van der Waals surface area contributed by atoms with Crippen molar-refractivity contribution in [2.45, 2.75) is 96.5 Å². The Morgan fingerprint density at radius 3 is 1.84 bits per heavy atom. The SMILES string of the molecule is CCCC1CCC(CCC2CCC(c3ccccc3CO)CC2)CC1. The summed E-state index contributed by atoms with van der Waals surface area (Å²) in [5.41, 5.74) is 2.56. The Hall–Kier alpha value is -0.820. The van der Waals surface area contributed by atoms with E-state index in [1.54, 1.807) is 0 Å². The highest BCUT2D eigenvalue weighted by Crippen LogP contribution is 2.40. The maximum Gasteiger partial charge on any atom is 0.0684 e. The molecule has 0 saturated heterocycles. The molecule has 2 fully saturated rings. The van der Waals surface area contributed by atoms with Gasteiger partial charge < -0.3 is 5.11 Å². The molecule has 1 heteroatoms. The molecule has 0 amide bonds. The lowest BCUT2D eigenvalue weighted by molar-refractivity contribution is 0.223. The van der Waals surface area contributed by atoms with Crippen molar-refractivity contribution in [3.05, 3.63) is 35.4 Å². The van der Waals surface area contributed by atoms with Crippen molar-refractivity contribution in [2.24, 2.45) is 17.8 Å². The third-order valence-corrected chi connectivity index (χ3v) is 7.16. The van der Waals surface area contributed by atoms with Gasteiger partial charge in [-0.3, -0.25) is 0 Å². The molecule has 0 heterocycles. The lowest BCUT2D eigenvalue weighted by Gasteiger charge is -2.32. The van der Waals surface area contributed by atoms with E-state index >= 15 is 0 Å². The van der Waals surface area contributed by atoms with E-state index in [4.69, 9.17) is 0 Å². The van der Waals surface area contributed by atoms with Gasteiger partial charge in [0, 0.05) is 0 Å². The van der Waals surface area contributed by atoms with Crippen LogP contribution in [0.5, 0.6) is 0 Å². The first-order chi connectivity index (χ1) is 12.3. The Kier molecular flexibility index (Phi) is 7.40. The average Bonchev–Trinajstić information content (AvgIpc) is 2.68. The molecule has 0 atom stereocenters. The van der Waals surface area contributed by atoms with Crippen LogP contribution in [0.2, 0.25) is 0 Å². The molecule has 1 nitrogen and oxygen atoms in total. The fourth-order valence-electron chi connectivity index (χ4n) is 5.53. The molecule has 1 N–H and O–H groups in total. The first kappa shape index (κ1) is 19.0. The summed E-state index contributed by atoms with van der Waals surface area (Å²) >= 11 is 0. The van der Waals surface area contributed by atoms with E-state index in [-0.39, 0.29) is 6.61 Å². The van der Waals surface area contributed by atoms with Gasteiger partial charge in [0.05, 0.1) is 6.61 Å². The van der Waals surface area contributed by atoms with E-state index in [0.717, 1.165) is 23.3 Å². The van der Waals surface area contributed by atoms with Gasteiger partial charge in [-0.05, 0) is 60.5 Å². The second-order valence-corrected chi connectivity index (χ2v) is 8.83. The minimum atomic E-state index is 0.191. The lowest BCUT2D eigenvalue weighted by atomic mass is 9.73. The van der Waals surface area contributed by atoms with Crippen molar-refractivity contribution < 1.29 is 5.11 Å². The first-order valence-corrected chi connectivity index (χ1v) is 11.0. The Bertz CT molecular complexity index is 493. The summed E-state index contributed by atoms with van der Waals surface area (Å²) in [7, 11) is 0. The van der Waals surface area contributed by atoms with Crippen LogP contribution < -0.4 is 0 Å². The number of benzene rings is 1. The molecule has 0 aromatic heterocycles. The molecule has 0 aliphatic heterocycles. The highest BCUT2D eigenvalue weighted by Gasteiger charge is 2.25. The molecular weight excluding hydrogens is 304 g/mol. The normalized spacial score (nSPS) is 30.3. The fraction of sp³-hybridized carbons (Fsp3) is 0.750. The van der Waals surface area contributed by atoms with Crippen molar-refractivity contribution in [1.82, 2.24) is 0 Å². The van der Waals surface area contributed by atoms with Crippen LogP contribution in [0.4, 0.5) is 0 Å². The molecule has 2 aliphatic carbocycles. The Morgan fingerprint density at radius 2 is 1.28 bits per heavy atom. The lowest BCUT2D eigenvalue weighted by Crippen LogP contribution is -2.18. The molecule has 0 unspecified atom stereocenters. The van der Waals surface area contributed by atoms with Crippen LogP contribution in [0.1, 0.15) is 101 Å². The van der Waals surface area contributed by atoms with Gasteiger partial charge in [0.25, 0.3) is 0 Å². The monoisotopic (exact) mass is 342 g/mol. The number of hydrogen-bond acceptors (Lipinski definition) is 1. The van der Waals surface area contributed by atoms with Gasteiger partial charge >= 0.3 is 0 Å². The minimum absolute atomic E-state index is 0.191. The van der Waals surface area contributed by atoms with Crippen LogP contribution in [-0.2, 0) is 6.61 Å². The number of aliphatic hydroxyl groups is 1. The van der Waals surface area contributed by atoms with Gasteiger partial charge in [-0.15, -0.1) is 0 Å². The molecule has 1 aromatic rings. The maximum atomic E-state index is 9.58. The van der Waals surface area contributed by atoms with Gasteiger partial charge in [-0.1, -0.05) is 82.6 Å². The third kappa shape index (κ3) is 5.33. The van der Waals surface area contributed by atoms with Gasteiger partial charge in [-0.2, -0.15) is 0 Å². The quantitative estimate of drug-likeness (QED) is 0.575. The molecule has 0 bridgehead atoms. The van der Waals surface area contributed by atoms with Gasteiger partial charge in [-0.25, -0.2) is 0 Å². The zero-order valence-corrected chi connectivity index (χ0v) is 16.3. The van der Waals surface area contributed by atoms with Crippen molar-refractivity contribution in [3.63, 3.8) is 0 Å². The van der Waals surface area contributed by atoms with Gasteiger partial charge in [0.15, 0.2) is 0 Å². The summed E-state index contributed by atoms with van der Waals surface area (Å²) in [4.78, 5) is 0. The van der Waals surface area contributed by atoms with E-state index < -0.39 is 0 Å². The van der Waals surface area contributed by atoms with Crippen LogP contribution >= 0.6 is 0 Å². The first-order valence-electron chi connectivity index (χ1n) is 11.0. The second-order valence-electron chi connectivity index (χ2n) is 8.83. The Morgan fingerprint density at radius 1 is 0.760 bits per heavy atom. The molecule has 140 valence electrons. The standard InChI is InChI=1S/C24H38O/c1-2-5-19-8-10-20(11-9-19)12-13-21-14-16-22(17-15-21)24-7-4-3-6-23(24)18-25/h3-4,6-7,19-22,25H,2,5,8-18H2,1H3. The second kappa shape index (κ2) is 9.76. The Labute approximate surface area is 155 Å². The van der Waals surface area contributed by atoms with E-state index in [2.05, 4.69) is 31.2 Å². The smallest absolute Gasteiger partial charge is 0.0684 e. The molecule has 1 aromatic carbocycles. The molecule has 0 radical (unpaired) electrons. The van der Waals surface area contributed by atoms with Crippen molar-refractivity contribution in [2.75, 3.05) is 0 Å². The van der Waals surface area contributed by atoms with E-state index in [1.807, 2.05) is 0 Å². The van der Waals surface area contributed by atoms with Gasteiger partial charge in [0.2, 0.25) is 0 Å². The van der Waals surface area contributed by atoms with Crippen molar-refractivity contribution in [3.8, 4) is 0 Å². The number of rotatable bonds is 7. The zero-order valence-electron chi connectivity index (χ0n) is 16.3. The van der Waals surface area contributed by atoms with Crippen molar-refractivity contribution in [1.29, 1.82) is 0 Å². The van der Waals surface area contributed by atoms with E-state index in [1.165, 1.54) is 82.6 Å². The van der Waals surface area contributed by atoms with E-state index in [9.17, 15) is 5.11 Å². The molecule has 2 saturated carbocycles. The zero-order chi connectivity index (χ0) is 17.5. The summed E-state index contributed by atoms with van der Waals surface area (Å²) in [5.74, 6) is 3.72. The van der Waals surface area contributed by atoms with Crippen molar-refractivity contribution >= 4 is 0 Å². The Balaban J connectivity index is 1.38. The molecule has 0 spiro atoms. The van der Waals surface area contributed by atoms with Crippen LogP contribution in [-0.4, -0.2) is 5.11 Å². The largest absolute Gasteiger partial charge is 0.392 e. The predicted octanol–water partition coefficient (Wildman–Crippen LogP) is 6.84. The van der Waals surface area contributed by atoms with Crippen LogP contribution in [0.3, 0.4) is 0 Å². The number of hydrogen-bond donors (Lipinski definition) is 1. The molecular formula is C24H38O. The van der Waals surface area contributed by atoms with Crippen LogP contribution in [0.15, 0.2) is 24.3 Å². The summed E-state index contributed by atoms with van der Waals surface area (Å²) in [6.07, 6.45) is 17.3. The van der Waals surface area contributed by atoms with E-state index in [0.29, 0.717) is 5.92 Å². The minimum Gasteiger partial charge on any atom is -0.392 e. The number of aliphatic hydroxyl groups excluding tert-OH is 1. The van der Waals surface area contributed by atoms with Gasteiger partial charge in [0.1, 0.15) is 0 Å². The molecule has 25 heavy (non-hydrogen) atoms. The highest BCUT2D eigenvalue weighted by molar-refractivity contribution is 5.30.